The lowest BCUT2D eigenvalue weighted by Gasteiger charge is -2.37. The zero-order valence-corrected chi connectivity index (χ0v) is 21.2. The Bertz CT molecular complexity index is 1450. The van der Waals surface area contributed by atoms with Crippen LogP contribution in [0.1, 0.15) is 13.0 Å². The van der Waals surface area contributed by atoms with Crippen LogP contribution in [-0.2, 0) is 14.8 Å². The Morgan fingerprint density at radius 1 is 1.09 bits per heavy atom. The van der Waals surface area contributed by atoms with E-state index in [0.717, 1.165) is 27.9 Å². The first-order valence-electron chi connectivity index (χ1n) is 11.0. The first-order valence-corrected chi connectivity index (χ1v) is 13.7. The number of nitrogens with one attached hydrogen (secondary N) is 1. The summed E-state index contributed by atoms with van der Waals surface area (Å²) in [5.41, 5.74) is 3.35. The molecule has 0 radical (unpaired) electrons. The number of aromatic nitrogens is 3. The van der Waals surface area contributed by atoms with Gasteiger partial charge in [-0.05, 0) is 55.5 Å². The number of fused-ring (bicyclic) bond motifs is 1. The molecule has 0 aliphatic carbocycles. The van der Waals surface area contributed by atoms with Crippen LogP contribution in [0.5, 0.6) is 0 Å². The predicted octanol–water partition coefficient (Wildman–Crippen LogP) is 3.86. The Balaban J connectivity index is 1.21. The number of piperazine rings is 1. The number of anilines is 2. The van der Waals surface area contributed by atoms with Crippen molar-refractivity contribution in [1.29, 1.82) is 0 Å². The molecular weight excluding hydrogens is 508 g/mol. The number of carbonyl (C=O) groups is 1. The van der Waals surface area contributed by atoms with E-state index in [-0.39, 0.29) is 22.0 Å². The summed E-state index contributed by atoms with van der Waals surface area (Å²) in [5, 5.41) is 9.25. The van der Waals surface area contributed by atoms with E-state index >= 15 is 0 Å². The second-order valence-corrected chi connectivity index (χ2v) is 11.2. The lowest BCUT2D eigenvalue weighted by atomic mass is 10.2. The Morgan fingerprint density at radius 3 is 2.51 bits per heavy atom. The number of hydrogen-bond acceptors (Lipinski definition) is 7. The molecule has 1 fully saturated rings. The van der Waals surface area contributed by atoms with Crippen molar-refractivity contribution in [2.45, 2.75) is 17.9 Å². The number of rotatable bonds is 6. The second-order valence-electron chi connectivity index (χ2n) is 8.26. The fourth-order valence-corrected chi connectivity index (χ4v) is 6.14. The van der Waals surface area contributed by atoms with E-state index in [1.165, 1.54) is 5.51 Å². The number of benzene rings is 2. The summed E-state index contributed by atoms with van der Waals surface area (Å²) in [6.45, 7) is 4.42. The minimum Gasteiger partial charge on any atom is -0.368 e. The van der Waals surface area contributed by atoms with Gasteiger partial charge in [-0.2, -0.15) is 0 Å². The van der Waals surface area contributed by atoms with Crippen LogP contribution in [0.15, 0.2) is 65.1 Å². The maximum Gasteiger partial charge on any atom is 0.263 e. The van der Waals surface area contributed by atoms with Gasteiger partial charge in [-0.3, -0.25) is 9.52 Å². The average molecular weight is 531 g/mol. The quantitative estimate of drug-likeness (QED) is 0.406. The highest BCUT2D eigenvalue weighted by molar-refractivity contribution is 7.93. The third kappa shape index (κ3) is 4.84. The third-order valence-electron chi connectivity index (χ3n) is 6.14. The Labute approximate surface area is 212 Å². The minimum absolute atomic E-state index is 0.0706. The minimum atomic E-state index is -3.72. The van der Waals surface area contributed by atoms with Gasteiger partial charge in [0.15, 0.2) is 0 Å². The van der Waals surface area contributed by atoms with Gasteiger partial charge >= 0.3 is 0 Å². The van der Waals surface area contributed by atoms with Crippen LogP contribution in [-0.4, -0.2) is 60.2 Å². The second kappa shape index (κ2) is 9.48. The highest BCUT2D eigenvalue weighted by Crippen LogP contribution is 2.26. The molecule has 1 aliphatic heterocycles. The van der Waals surface area contributed by atoms with Crippen LogP contribution in [0.3, 0.4) is 0 Å². The standard InChI is InChI=1S/C23H23ClN6O3S2/c1-16(30-9-8-17-14-18(24)2-7-21(17)30)22(31)29-12-10-28(11-13-29)19-3-5-20(6-4-19)35(32,33)27-23-26-25-15-34-23/h2-9,14-16H,10-13H2,1H3,(H,26,27). The van der Waals surface area contributed by atoms with E-state index in [9.17, 15) is 13.2 Å². The van der Waals surface area contributed by atoms with Crippen molar-refractivity contribution >= 4 is 60.6 Å². The van der Waals surface area contributed by atoms with Crippen molar-refractivity contribution in [3.63, 3.8) is 0 Å². The molecule has 12 heteroatoms. The summed E-state index contributed by atoms with van der Waals surface area (Å²) >= 11 is 7.20. The summed E-state index contributed by atoms with van der Waals surface area (Å²) in [4.78, 5) is 17.4. The van der Waals surface area contributed by atoms with Crippen LogP contribution in [0.2, 0.25) is 5.02 Å². The van der Waals surface area contributed by atoms with Crippen LogP contribution < -0.4 is 9.62 Å². The van der Waals surface area contributed by atoms with Gasteiger partial charge in [-0.25, -0.2) is 8.42 Å². The Hall–Kier alpha value is -3.15. The van der Waals surface area contributed by atoms with Crippen molar-refractivity contribution < 1.29 is 13.2 Å². The molecule has 2 aromatic carbocycles. The molecule has 4 aromatic rings. The summed E-state index contributed by atoms with van der Waals surface area (Å²) in [7, 11) is -3.72. The van der Waals surface area contributed by atoms with E-state index in [1.807, 2.05) is 46.9 Å². The lowest BCUT2D eigenvalue weighted by molar-refractivity contribution is -0.134. The van der Waals surface area contributed by atoms with Crippen molar-refractivity contribution in [2.24, 2.45) is 0 Å². The summed E-state index contributed by atoms with van der Waals surface area (Å²) in [6.07, 6.45) is 1.93. The predicted molar refractivity (Wildman–Crippen MR) is 138 cm³/mol. The van der Waals surface area contributed by atoms with Gasteiger partial charge in [0.2, 0.25) is 11.0 Å². The van der Waals surface area contributed by atoms with Gasteiger partial charge < -0.3 is 14.4 Å². The van der Waals surface area contributed by atoms with E-state index in [0.29, 0.717) is 31.2 Å². The van der Waals surface area contributed by atoms with E-state index in [1.54, 1.807) is 24.3 Å². The Morgan fingerprint density at radius 2 is 1.83 bits per heavy atom. The van der Waals surface area contributed by atoms with Gasteiger partial charge in [0.1, 0.15) is 11.6 Å². The molecule has 1 amide bonds. The number of nitrogens with zero attached hydrogens (tertiary/aromatic N) is 5. The molecule has 9 nitrogen and oxygen atoms in total. The number of amides is 1. The molecule has 3 heterocycles. The van der Waals surface area contributed by atoms with E-state index < -0.39 is 10.0 Å². The molecule has 182 valence electrons. The molecule has 5 rings (SSSR count). The number of sulfonamides is 1. The van der Waals surface area contributed by atoms with Crippen LogP contribution in [0, 0.1) is 0 Å². The normalized spacial score (nSPS) is 15.4. The van der Waals surface area contributed by atoms with Crippen LogP contribution in [0.4, 0.5) is 10.8 Å². The zero-order valence-electron chi connectivity index (χ0n) is 18.8. The third-order valence-corrected chi connectivity index (χ3v) is 8.47. The molecule has 35 heavy (non-hydrogen) atoms. The van der Waals surface area contributed by atoms with E-state index in [4.69, 9.17) is 11.6 Å². The topological polar surface area (TPSA) is 100 Å². The summed E-state index contributed by atoms with van der Waals surface area (Å²) in [6, 6.07) is 14.0. The van der Waals surface area contributed by atoms with E-state index in [2.05, 4.69) is 19.8 Å². The van der Waals surface area contributed by atoms with Crippen molar-refractivity contribution in [3.8, 4) is 0 Å². The lowest BCUT2D eigenvalue weighted by Crippen LogP contribution is -2.50. The first kappa shape index (κ1) is 23.6. The molecule has 1 N–H and O–H groups in total. The number of hydrogen-bond donors (Lipinski definition) is 1. The van der Waals surface area contributed by atoms with Crippen molar-refractivity contribution in [2.75, 3.05) is 35.8 Å². The van der Waals surface area contributed by atoms with Crippen LogP contribution in [0.25, 0.3) is 10.9 Å². The van der Waals surface area contributed by atoms with Crippen LogP contribution >= 0.6 is 22.9 Å². The molecule has 2 aromatic heterocycles. The first-order chi connectivity index (χ1) is 16.8. The monoisotopic (exact) mass is 530 g/mol. The molecule has 0 saturated carbocycles. The molecule has 1 unspecified atom stereocenters. The maximum absolute atomic E-state index is 13.2. The molecule has 1 saturated heterocycles. The highest BCUT2D eigenvalue weighted by atomic mass is 35.5. The average Bonchev–Trinajstić information content (AvgIpc) is 3.52. The maximum atomic E-state index is 13.2. The molecule has 1 atom stereocenters. The summed E-state index contributed by atoms with van der Waals surface area (Å²) < 4.78 is 29.5. The zero-order chi connectivity index (χ0) is 24.6. The molecule has 1 aliphatic rings. The molecule has 0 spiro atoms. The van der Waals surface area contributed by atoms with Gasteiger partial charge in [-0.15, -0.1) is 10.2 Å². The largest absolute Gasteiger partial charge is 0.368 e. The van der Waals surface area contributed by atoms with Gasteiger partial charge in [0.25, 0.3) is 10.0 Å². The van der Waals surface area contributed by atoms with Gasteiger partial charge in [0.05, 0.1) is 4.90 Å². The molecular formula is C23H23ClN6O3S2. The SMILES string of the molecule is CC(C(=O)N1CCN(c2ccc(S(=O)(=O)Nc3nncs3)cc2)CC1)n1ccc2cc(Cl)ccc21. The smallest absolute Gasteiger partial charge is 0.263 e. The number of halogens is 1. The number of carbonyl (C=O) groups excluding carboxylic acids is 1. The highest BCUT2D eigenvalue weighted by Gasteiger charge is 2.27. The van der Waals surface area contributed by atoms with Crippen molar-refractivity contribution in [3.05, 3.63) is 65.3 Å². The summed E-state index contributed by atoms with van der Waals surface area (Å²) in [5.74, 6) is 0.0706. The van der Waals surface area contributed by atoms with Crippen molar-refractivity contribution in [1.82, 2.24) is 19.7 Å². The molecule has 0 bridgehead atoms. The Kier molecular flexibility index (Phi) is 6.39. The van der Waals surface area contributed by atoms with Gasteiger partial charge in [-0.1, -0.05) is 22.9 Å². The fourth-order valence-electron chi connectivity index (χ4n) is 4.27. The fraction of sp³-hybridized carbons (Fsp3) is 0.261. The van der Waals surface area contributed by atoms with Gasteiger partial charge in [0, 0.05) is 54.0 Å².